The minimum Gasteiger partial charge on any atom is -0.480 e. The Morgan fingerprint density at radius 3 is 2.67 bits per heavy atom. The lowest BCUT2D eigenvalue weighted by atomic mass is 10.1. The summed E-state index contributed by atoms with van der Waals surface area (Å²) in [5.41, 5.74) is -0.164. The van der Waals surface area contributed by atoms with Crippen molar-refractivity contribution in [3.05, 3.63) is 12.4 Å². The molecule has 0 saturated carbocycles. The van der Waals surface area contributed by atoms with Gasteiger partial charge >= 0.3 is 0 Å². The molecule has 0 aromatic carbocycles. The van der Waals surface area contributed by atoms with Gasteiger partial charge in [-0.2, -0.15) is 4.98 Å². The summed E-state index contributed by atoms with van der Waals surface area (Å²) in [6, 6.07) is 0. The van der Waals surface area contributed by atoms with E-state index in [-0.39, 0.29) is 5.54 Å². The van der Waals surface area contributed by atoms with E-state index in [4.69, 9.17) is 16.3 Å². The molecule has 0 atom stereocenters. The van der Waals surface area contributed by atoms with Gasteiger partial charge in [0, 0.05) is 18.5 Å². The molecule has 0 N–H and O–H groups in total. The monoisotopic (exact) mass is 229 g/mol. The summed E-state index contributed by atoms with van der Waals surface area (Å²) in [7, 11) is 3.51. The standard InChI is InChI=1S/C10H16ClN3O/c1-10(2,7-11)14(3)8-5-12-6-9(13-8)15-4/h5-6H,7H2,1-4H3. The molecular weight excluding hydrogens is 214 g/mol. The molecule has 1 aromatic heterocycles. The Labute approximate surface area is 95.2 Å². The highest BCUT2D eigenvalue weighted by molar-refractivity contribution is 6.18. The summed E-state index contributed by atoms with van der Waals surface area (Å²) in [4.78, 5) is 10.3. The van der Waals surface area contributed by atoms with E-state index in [1.54, 1.807) is 19.5 Å². The number of hydrogen-bond acceptors (Lipinski definition) is 4. The molecule has 0 aliphatic carbocycles. The topological polar surface area (TPSA) is 38.2 Å². The molecule has 0 aliphatic heterocycles. The first-order valence-corrected chi connectivity index (χ1v) is 5.20. The smallest absolute Gasteiger partial charge is 0.233 e. The molecular formula is C10H16ClN3O. The summed E-state index contributed by atoms with van der Waals surface area (Å²) < 4.78 is 5.02. The molecule has 0 fully saturated rings. The zero-order chi connectivity index (χ0) is 11.5. The minimum absolute atomic E-state index is 0.164. The molecule has 0 bridgehead atoms. The van der Waals surface area contributed by atoms with Gasteiger partial charge in [0.05, 0.1) is 19.5 Å². The molecule has 0 spiro atoms. The van der Waals surface area contributed by atoms with Gasteiger partial charge in [-0.3, -0.25) is 4.98 Å². The second-order valence-corrected chi connectivity index (χ2v) is 4.19. The van der Waals surface area contributed by atoms with E-state index in [9.17, 15) is 0 Å². The maximum atomic E-state index is 5.89. The van der Waals surface area contributed by atoms with Crippen molar-refractivity contribution in [3.63, 3.8) is 0 Å². The molecule has 1 rings (SSSR count). The minimum atomic E-state index is -0.164. The highest BCUT2D eigenvalue weighted by Crippen LogP contribution is 2.22. The first kappa shape index (κ1) is 12.0. The van der Waals surface area contributed by atoms with Crippen LogP contribution in [0.25, 0.3) is 0 Å². The Balaban J connectivity index is 2.95. The zero-order valence-electron chi connectivity index (χ0n) is 9.49. The third-order valence-corrected chi connectivity index (χ3v) is 3.04. The molecule has 0 unspecified atom stereocenters. The van der Waals surface area contributed by atoms with E-state index in [1.807, 2.05) is 25.8 Å². The largest absolute Gasteiger partial charge is 0.480 e. The number of rotatable bonds is 4. The average molecular weight is 230 g/mol. The first-order valence-electron chi connectivity index (χ1n) is 4.67. The number of ether oxygens (including phenoxy) is 1. The van der Waals surface area contributed by atoms with Gasteiger partial charge in [-0.1, -0.05) is 0 Å². The molecule has 1 heterocycles. The van der Waals surface area contributed by atoms with Gasteiger partial charge in [0.2, 0.25) is 5.88 Å². The van der Waals surface area contributed by atoms with Crippen molar-refractivity contribution in [3.8, 4) is 5.88 Å². The molecule has 5 heteroatoms. The number of aromatic nitrogens is 2. The van der Waals surface area contributed by atoms with Crippen molar-refractivity contribution >= 4 is 17.4 Å². The maximum Gasteiger partial charge on any atom is 0.233 e. The van der Waals surface area contributed by atoms with Crippen molar-refractivity contribution in [1.29, 1.82) is 0 Å². The Hall–Kier alpha value is -1.03. The van der Waals surface area contributed by atoms with Crippen molar-refractivity contribution in [1.82, 2.24) is 9.97 Å². The van der Waals surface area contributed by atoms with Crippen molar-refractivity contribution in [2.24, 2.45) is 0 Å². The fourth-order valence-corrected chi connectivity index (χ4v) is 1.18. The number of hydrogen-bond donors (Lipinski definition) is 0. The lowest BCUT2D eigenvalue weighted by Gasteiger charge is -2.34. The van der Waals surface area contributed by atoms with Crippen molar-refractivity contribution in [2.45, 2.75) is 19.4 Å². The number of methoxy groups -OCH3 is 1. The number of nitrogens with zero attached hydrogens (tertiary/aromatic N) is 3. The van der Waals surface area contributed by atoms with Crippen LogP contribution in [0, 0.1) is 0 Å². The number of alkyl halides is 1. The van der Waals surface area contributed by atoms with Crippen LogP contribution in [0.4, 0.5) is 5.82 Å². The van der Waals surface area contributed by atoms with Crippen LogP contribution >= 0.6 is 11.6 Å². The van der Waals surface area contributed by atoms with Crippen LogP contribution in [0.1, 0.15) is 13.8 Å². The predicted molar refractivity (Wildman–Crippen MR) is 61.8 cm³/mol. The van der Waals surface area contributed by atoms with Gasteiger partial charge in [-0.25, -0.2) is 0 Å². The second kappa shape index (κ2) is 4.66. The van der Waals surface area contributed by atoms with Crippen LogP contribution in [-0.2, 0) is 0 Å². The molecule has 4 nitrogen and oxygen atoms in total. The fraction of sp³-hybridized carbons (Fsp3) is 0.600. The van der Waals surface area contributed by atoms with E-state index in [0.717, 1.165) is 5.82 Å². The molecule has 0 radical (unpaired) electrons. The first-order chi connectivity index (χ1) is 7.01. The molecule has 15 heavy (non-hydrogen) atoms. The fourth-order valence-electron chi connectivity index (χ4n) is 0.998. The van der Waals surface area contributed by atoms with Crippen LogP contribution in [0.5, 0.6) is 5.88 Å². The Kier molecular flexibility index (Phi) is 3.74. The number of anilines is 1. The van der Waals surface area contributed by atoms with Gasteiger partial charge in [0.15, 0.2) is 5.82 Å². The van der Waals surface area contributed by atoms with Crippen LogP contribution in [0.15, 0.2) is 12.4 Å². The average Bonchev–Trinajstić information content (AvgIpc) is 2.28. The summed E-state index contributed by atoms with van der Waals surface area (Å²) in [5.74, 6) is 1.77. The highest BCUT2D eigenvalue weighted by Gasteiger charge is 2.23. The van der Waals surface area contributed by atoms with Crippen molar-refractivity contribution in [2.75, 3.05) is 24.9 Å². The molecule has 0 saturated heterocycles. The van der Waals surface area contributed by atoms with E-state index in [0.29, 0.717) is 11.8 Å². The predicted octanol–water partition coefficient (Wildman–Crippen LogP) is 1.94. The lowest BCUT2D eigenvalue weighted by molar-refractivity contribution is 0.394. The number of halogens is 1. The van der Waals surface area contributed by atoms with Gasteiger partial charge in [-0.05, 0) is 13.8 Å². The lowest BCUT2D eigenvalue weighted by Crippen LogP contribution is -2.43. The summed E-state index contributed by atoms with van der Waals surface area (Å²) in [6.45, 7) is 4.09. The Bertz CT molecular complexity index is 330. The van der Waals surface area contributed by atoms with Gasteiger partial charge in [0.25, 0.3) is 0 Å². The van der Waals surface area contributed by atoms with E-state index < -0.39 is 0 Å². The summed E-state index contributed by atoms with van der Waals surface area (Å²) in [6.07, 6.45) is 3.27. The van der Waals surface area contributed by atoms with Crippen molar-refractivity contribution < 1.29 is 4.74 Å². The van der Waals surface area contributed by atoms with E-state index in [2.05, 4.69) is 9.97 Å². The van der Waals surface area contributed by atoms with Crippen LogP contribution in [-0.4, -0.2) is 35.5 Å². The van der Waals surface area contributed by atoms with Gasteiger partial charge < -0.3 is 9.64 Å². The van der Waals surface area contributed by atoms with Gasteiger partial charge in [0.1, 0.15) is 0 Å². The van der Waals surface area contributed by atoms with Crippen LogP contribution < -0.4 is 9.64 Å². The normalized spacial score (nSPS) is 11.3. The quantitative estimate of drug-likeness (QED) is 0.740. The van der Waals surface area contributed by atoms with Crippen LogP contribution in [0.3, 0.4) is 0 Å². The van der Waals surface area contributed by atoms with E-state index >= 15 is 0 Å². The third kappa shape index (κ3) is 2.72. The molecule has 84 valence electrons. The zero-order valence-corrected chi connectivity index (χ0v) is 10.2. The molecule has 1 aromatic rings. The highest BCUT2D eigenvalue weighted by atomic mass is 35.5. The van der Waals surface area contributed by atoms with E-state index in [1.165, 1.54) is 0 Å². The van der Waals surface area contributed by atoms with Gasteiger partial charge in [-0.15, -0.1) is 11.6 Å². The Morgan fingerprint density at radius 2 is 2.13 bits per heavy atom. The Morgan fingerprint density at radius 1 is 1.47 bits per heavy atom. The summed E-state index contributed by atoms with van der Waals surface area (Å²) in [5, 5.41) is 0. The SMILES string of the molecule is COc1cncc(N(C)C(C)(C)CCl)n1. The maximum absolute atomic E-state index is 5.89. The molecule has 0 aliphatic rings. The molecule has 0 amide bonds. The summed E-state index contributed by atoms with van der Waals surface area (Å²) >= 11 is 5.89. The van der Waals surface area contributed by atoms with Crippen LogP contribution in [0.2, 0.25) is 0 Å². The second-order valence-electron chi connectivity index (χ2n) is 3.92. The third-order valence-electron chi connectivity index (χ3n) is 2.39.